The molecule has 0 aliphatic heterocycles. The van der Waals surface area contributed by atoms with Crippen LogP contribution in [0.4, 0.5) is 0 Å². The van der Waals surface area contributed by atoms with Crippen LogP contribution in [0.15, 0.2) is 59.1 Å². The lowest BCUT2D eigenvalue weighted by molar-refractivity contribution is -0.123. The highest BCUT2D eigenvalue weighted by Crippen LogP contribution is 2.30. The Bertz CT molecular complexity index is 862. The summed E-state index contributed by atoms with van der Waals surface area (Å²) in [5.74, 6) is 0.906. The van der Waals surface area contributed by atoms with Gasteiger partial charge in [-0.2, -0.15) is 0 Å². The van der Waals surface area contributed by atoms with Gasteiger partial charge >= 0.3 is 0 Å². The van der Waals surface area contributed by atoms with Crippen molar-refractivity contribution in [2.45, 2.75) is 13.5 Å². The van der Waals surface area contributed by atoms with E-state index in [-0.39, 0.29) is 12.5 Å². The maximum absolute atomic E-state index is 11.9. The van der Waals surface area contributed by atoms with E-state index in [1.165, 1.54) is 0 Å². The maximum Gasteiger partial charge on any atom is 0.258 e. The van der Waals surface area contributed by atoms with Crippen molar-refractivity contribution in [3.8, 4) is 16.9 Å². The summed E-state index contributed by atoms with van der Waals surface area (Å²) < 4.78 is 10.4. The minimum absolute atomic E-state index is 0.124. The molecule has 0 bridgehead atoms. The van der Waals surface area contributed by atoms with Crippen LogP contribution in [0.1, 0.15) is 11.5 Å². The lowest BCUT2D eigenvalue weighted by Crippen LogP contribution is -2.28. The fourth-order valence-electron chi connectivity index (χ4n) is 2.31. The number of amides is 1. The highest BCUT2D eigenvalue weighted by molar-refractivity contribution is 6.32. The molecule has 0 spiro atoms. The summed E-state index contributed by atoms with van der Waals surface area (Å²) in [6, 6.07) is 17.2. The number of carbonyl (C=O) groups is 1. The normalized spacial score (nSPS) is 10.5. The van der Waals surface area contributed by atoms with Crippen molar-refractivity contribution in [3.63, 3.8) is 0 Å². The molecule has 0 saturated heterocycles. The predicted octanol–water partition coefficient (Wildman–Crippen LogP) is 4.00. The number of nitrogens with one attached hydrogen (secondary N) is 1. The molecule has 3 aromatic rings. The molecule has 6 heteroatoms. The molecule has 0 fully saturated rings. The van der Waals surface area contributed by atoms with Crippen molar-refractivity contribution in [2.24, 2.45) is 0 Å². The van der Waals surface area contributed by atoms with Crippen molar-refractivity contribution >= 4 is 17.5 Å². The summed E-state index contributed by atoms with van der Waals surface area (Å²) in [5.41, 5.74) is 2.72. The molecule has 1 amide bonds. The Labute approximate surface area is 150 Å². The van der Waals surface area contributed by atoms with Gasteiger partial charge in [-0.1, -0.05) is 53.2 Å². The fourth-order valence-corrected chi connectivity index (χ4v) is 2.55. The van der Waals surface area contributed by atoms with E-state index in [1.807, 2.05) is 42.5 Å². The van der Waals surface area contributed by atoms with E-state index in [4.69, 9.17) is 20.9 Å². The minimum atomic E-state index is -0.260. The highest BCUT2D eigenvalue weighted by atomic mass is 35.5. The second-order valence-electron chi connectivity index (χ2n) is 5.51. The molecule has 0 unspecified atom stereocenters. The number of hydrogen-bond donors (Lipinski definition) is 1. The fraction of sp³-hybridized carbons (Fsp3) is 0.158. The minimum Gasteiger partial charge on any atom is -0.482 e. The van der Waals surface area contributed by atoms with Gasteiger partial charge in [0.15, 0.2) is 6.61 Å². The summed E-state index contributed by atoms with van der Waals surface area (Å²) in [4.78, 5) is 11.9. The molecule has 5 nitrogen and oxygen atoms in total. The van der Waals surface area contributed by atoms with Gasteiger partial charge in [-0.15, -0.1) is 0 Å². The molecule has 0 aliphatic carbocycles. The standard InChI is InChI=1S/C19H17ClN2O3/c1-13-9-16(22-25-13)11-21-19(23)12-24-18-8-7-15(10-17(18)20)14-5-3-2-4-6-14/h2-10H,11-12H2,1H3,(H,21,23). The van der Waals surface area contributed by atoms with Crippen LogP contribution in [0, 0.1) is 6.92 Å². The number of ether oxygens (including phenoxy) is 1. The van der Waals surface area contributed by atoms with Gasteiger partial charge in [0.2, 0.25) is 0 Å². The van der Waals surface area contributed by atoms with Gasteiger partial charge in [-0.3, -0.25) is 4.79 Å². The van der Waals surface area contributed by atoms with Gasteiger partial charge < -0.3 is 14.6 Å². The maximum atomic E-state index is 11.9. The average molecular weight is 357 g/mol. The summed E-state index contributed by atoms with van der Waals surface area (Å²) in [6.07, 6.45) is 0. The first-order chi connectivity index (χ1) is 12.1. The monoisotopic (exact) mass is 356 g/mol. The number of rotatable bonds is 6. The molecule has 1 N–H and O–H groups in total. The first-order valence-electron chi connectivity index (χ1n) is 7.78. The molecule has 128 valence electrons. The summed E-state index contributed by atoms with van der Waals surface area (Å²) in [5, 5.41) is 6.98. The Morgan fingerprint density at radius 2 is 1.96 bits per heavy atom. The lowest BCUT2D eigenvalue weighted by Gasteiger charge is -2.10. The topological polar surface area (TPSA) is 64.4 Å². The number of benzene rings is 2. The number of aromatic nitrogens is 1. The Morgan fingerprint density at radius 3 is 2.64 bits per heavy atom. The van der Waals surface area contributed by atoms with E-state index in [2.05, 4.69) is 10.5 Å². The van der Waals surface area contributed by atoms with Crippen LogP contribution in [0.25, 0.3) is 11.1 Å². The molecule has 0 saturated carbocycles. The summed E-state index contributed by atoms with van der Waals surface area (Å²) >= 11 is 6.26. The van der Waals surface area contributed by atoms with E-state index in [9.17, 15) is 4.79 Å². The highest BCUT2D eigenvalue weighted by Gasteiger charge is 2.09. The Balaban J connectivity index is 1.55. The zero-order chi connectivity index (χ0) is 17.6. The smallest absolute Gasteiger partial charge is 0.258 e. The quantitative estimate of drug-likeness (QED) is 0.725. The SMILES string of the molecule is Cc1cc(CNC(=O)COc2ccc(-c3ccccc3)cc2Cl)no1. The summed E-state index contributed by atoms with van der Waals surface area (Å²) in [6.45, 7) is 1.96. The number of halogens is 1. The van der Waals surface area contributed by atoms with Crippen molar-refractivity contribution in [3.05, 3.63) is 71.1 Å². The average Bonchev–Trinajstić information content (AvgIpc) is 3.05. The third-order valence-corrected chi connectivity index (χ3v) is 3.84. The van der Waals surface area contributed by atoms with Crippen molar-refractivity contribution in [2.75, 3.05) is 6.61 Å². The van der Waals surface area contributed by atoms with Crippen molar-refractivity contribution in [1.29, 1.82) is 0 Å². The van der Waals surface area contributed by atoms with Crippen molar-refractivity contribution in [1.82, 2.24) is 10.5 Å². The van der Waals surface area contributed by atoms with E-state index >= 15 is 0 Å². The molecule has 1 aromatic heterocycles. The van der Waals surface area contributed by atoms with Gasteiger partial charge in [0, 0.05) is 6.07 Å². The third-order valence-electron chi connectivity index (χ3n) is 3.54. The molecule has 0 atom stereocenters. The number of carbonyl (C=O) groups excluding carboxylic acids is 1. The molecular formula is C19H17ClN2O3. The van der Waals surface area contributed by atoms with E-state index in [1.54, 1.807) is 19.1 Å². The van der Waals surface area contributed by atoms with Gasteiger partial charge in [-0.25, -0.2) is 0 Å². The largest absolute Gasteiger partial charge is 0.482 e. The second kappa shape index (κ2) is 7.85. The van der Waals surface area contributed by atoms with Gasteiger partial charge in [0.05, 0.1) is 11.6 Å². The Kier molecular flexibility index (Phi) is 5.36. The van der Waals surface area contributed by atoms with Crippen LogP contribution >= 0.6 is 11.6 Å². The van der Waals surface area contributed by atoms with E-state index < -0.39 is 0 Å². The van der Waals surface area contributed by atoms with E-state index in [0.717, 1.165) is 11.1 Å². The molecule has 3 rings (SSSR count). The predicted molar refractivity (Wildman–Crippen MR) is 95.5 cm³/mol. The zero-order valence-electron chi connectivity index (χ0n) is 13.7. The molecule has 0 radical (unpaired) electrons. The van der Waals surface area contributed by atoms with Crippen LogP contribution in [0.5, 0.6) is 5.75 Å². The molecule has 1 heterocycles. The number of nitrogens with zero attached hydrogens (tertiary/aromatic N) is 1. The summed E-state index contributed by atoms with van der Waals surface area (Å²) in [7, 11) is 0. The van der Waals surface area contributed by atoms with E-state index in [0.29, 0.717) is 28.8 Å². The van der Waals surface area contributed by atoms with Crippen LogP contribution in [-0.2, 0) is 11.3 Å². The van der Waals surface area contributed by atoms with Crippen LogP contribution in [0.3, 0.4) is 0 Å². The second-order valence-corrected chi connectivity index (χ2v) is 5.91. The Hall–Kier alpha value is -2.79. The van der Waals surface area contributed by atoms with Crippen molar-refractivity contribution < 1.29 is 14.1 Å². The number of aryl methyl sites for hydroxylation is 1. The van der Waals surface area contributed by atoms with Crippen LogP contribution in [0.2, 0.25) is 5.02 Å². The van der Waals surface area contributed by atoms with Gasteiger partial charge in [0.25, 0.3) is 5.91 Å². The first kappa shape index (κ1) is 17.0. The molecule has 25 heavy (non-hydrogen) atoms. The molecular weight excluding hydrogens is 340 g/mol. The molecule has 0 aliphatic rings. The number of hydrogen-bond acceptors (Lipinski definition) is 4. The first-order valence-corrected chi connectivity index (χ1v) is 8.16. The third kappa shape index (κ3) is 4.61. The Morgan fingerprint density at radius 1 is 1.16 bits per heavy atom. The van der Waals surface area contributed by atoms with Crippen LogP contribution < -0.4 is 10.1 Å². The van der Waals surface area contributed by atoms with Crippen LogP contribution in [-0.4, -0.2) is 17.7 Å². The molecule has 2 aromatic carbocycles. The lowest BCUT2D eigenvalue weighted by atomic mass is 10.1. The zero-order valence-corrected chi connectivity index (χ0v) is 14.4. The van der Waals surface area contributed by atoms with Gasteiger partial charge in [-0.05, 0) is 30.2 Å². The van der Waals surface area contributed by atoms with Gasteiger partial charge in [0.1, 0.15) is 17.2 Å².